The van der Waals surface area contributed by atoms with Crippen molar-refractivity contribution in [1.82, 2.24) is 30.4 Å². The lowest BCUT2D eigenvalue weighted by Gasteiger charge is -2.33. The molecule has 128 valence electrons. The summed E-state index contributed by atoms with van der Waals surface area (Å²) in [7, 11) is 0. The molecule has 0 saturated carbocycles. The third-order valence-electron chi connectivity index (χ3n) is 4.45. The Morgan fingerprint density at radius 2 is 2.21 bits per heavy atom. The highest BCUT2D eigenvalue weighted by atomic mass is 15.3. The van der Waals surface area contributed by atoms with Gasteiger partial charge in [-0.1, -0.05) is 6.07 Å². The lowest BCUT2D eigenvalue weighted by Crippen LogP contribution is -2.45. The SMILES string of the molecule is CCNC(=NCc1ncccc1C)N1CCC(c2ncn[nH]2)CC1. The van der Waals surface area contributed by atoms with E-state index in [4.69, 9.17) is 4.99 Å². The fourth-order valence-electron chi connectivity index (χ4n) is 3.04. The number of likely N-dealkylation sites (tertiary alicyclic amines) is 1. The Morgan fingerprint density at radius 1 is 1.38 bits per heavy atom. The molecule has 1 fully saturated rings. The zero-order valence-corrected chi connectivity index (χ0v) is 14.4. The third kappa shape index (κ3) is 3.90. The van der Waals surface area contributed by atoms with Crippen LogP contribution in [0.2, 0.25) is 0 Å². The third-order valence-corrected chi connectivity index (χ3v) is 4.45. The van der Waals surface area contributed by atoms with E-state index in [1.165, 1.54) is 5.56 Å². The monoisotopic (exact) mass is 327 g/mol. The Hall–Kier alpha value is -2.44. The van der Waals surface area contributed by atoms with Crippen LogP contribution < -0.4 is 5.32 Å². The summed E-state index contributed by atoms with van der Waals surface area (Å²) >= 11 is 0. The molecule has 0 atom stereocenters. The van der Waals surface area contributed by atoms with Crippen LogP contribution in [0.5, 0.6) is 0 Å². The summed E-state index contributed by atoms with van der Waals surface area (Å²) in [5, 5.41) is 10.4. The summed E-state index contributed by atoms with van der Waals surface area (Å²) in [6, 6.07) is 4.04. The normalized spacial score (nSPS) is 16.4. The maximum atomic E-state index is 4.79. The molecule has 3 rings (SSSR count). The number of rotatable bonds is 4. The van der Waals surface area contributed by atoms with Gasteiger partial charge in [-0.05, 0) is 38.3 Å². The van der Waals surface area contributed by atoms with Gasteiger partial charge in [-0.2, -0.15) is 5.10 Å². The van der Waals surface area contributed by atoms with Crippen molar-refractivity contribution >= 4 is 5.96 Å². The summed E-state index contributed by atoms with van der Waals surface area (Å²) in [6.45, 7) is 7.59. The van der Waals surface area contributed by atoms with E-state index in [9.17, 15) is 0 Å². The number of piperidine rings is 1. The van der Waals surface area contributed by atoms with Gasteiger partial charge in [0.15, 0.2) is 5.96 Å². The minimum absolute atomic E-state index is 0.463. The van der Waals surface area contributed by atoms with Gasteiger partial charge in [0.05, 0.1) is 12.2 Å². The molecule has 0 bridgehead atoms. The molecule has 1 aliphatic rings. The first kappa shape index (κ1) is 16.4. The van der Waals surface area contributed by atoms with Crippen LogP contribution in [0.15, 0.2) is 29.6 Å². The molecule has 2 aromatic rings. The number of guanidine groups is 1. The molecule has 1 aliphatic heterocycles. The van der Waals surface area contributed by atoms with E-state index in [1.54, 1.807) is 6.33 Å². The predicted molar refractivity (Wildman–Crippen MR) is 93.7 cm³/mol. The van der Waals surface area contributed by atoms with Gasteiger partial charge < -0.3 is 10.2 Å². The molecule has 0 radical (unpaired) electrons. The molecule has 7 heteroatoms. The largest absolute Gasteiger partial charge is 0.357 e. The Morgan fingerprint density at radius 3 is 2.88 bits per heavy atom. The molecule has 0 spiro atoms. The molecule has 7 nitrogen and oxygen atoms in total. The quantitative estimate of drug-likeness (QED) is 0.661. The van der Waals surface area contributed by atoms with Crippen molar-refractivity contribution in [3.63, 3.8) is 0 Å². The topological polar surface area (TPSA) is 82.1 Å². The van der Waals surface area contributed by atoms with Crippen LogP contribution in [-0.4, -0.2) is 50.7 Å². The number of aliphatic imine (C=N–C) groups is 1. The van der Waals surface area contributed by atoms with Crippen molar-refractivity contribution in [2.24, 2.45) is 4.99 Å². The first-order valence-electron chi connectivity index (χ1n) is 8.57. The molecular weight excluding hydrogens is 302 g/mol. The fourth-order valence-corrected chi connectivity index (χ4v) is 3.04. The number of aryl methyl sites for hydroxylation is 1. The first-order chi connectivity index (χ1) is 11.8. The number of H-pyrrole nitrogens is 1. The van der Waals surface area contributed by atoms with Crippen LogP contribution >= 0.6 is 0 Å². The van der Waals surface area contributed by atoms with E-state index in [2.05, 4.69) is 50.3 Å². The lowest BCUT2D eigenvalue weighted by atomic mass is 9.96. The molecule has 3 heterocycles. The Kier molecular flexibility index (Phi) is 5.40. The van der Waals surface area contributed by atoms with Gasteiger partial charge in [0.25, 0.3) is 0 Å². The molecule has 0 amide bonds. The minimum atomic E-state index is 0.463. The van der Waals surface area contributed by atoms with Gasteiger partial charge in [0.2, 0.25) is 0 Å². The van der Waals surface area contributed by atoms with Crippen LogP contribution in [0, 0.1) is 6.92 Å². The van der Waals surface area contributed by atoms with Crippen molar-refractivity contribution < 1.29 is 0 Å². The summed E-state index contributed by atoms with van der Waals surface area (Å²) in [6.07, 6.45) is 5.53. The second-order valence-corrected chi connectivity index (χ2v) is 6.07. The number of hydrogen-bond donors (Lipinski definition) is 2. The second-order valence-electron chi connectivity index (χ2n) is 6.07. The highest BCUT2D eigenvalue weighted by Gasteiger charge is 2.24. The molecule has 0 unspecified atom stereocenters. The molecule has 2 N–H and O–H groups in total. The standard InChI is InChI=1S/C17H25N7/c1-3-18-17(20-11-15-13(2)5-4-8-19-15)24-9-6-14(7-10-24)16-21-12-22-23-16/h4-5,8,12,14H,3,6-7,9-11H2,1-2H3,(H,18,20)(H,21,22,23). The number of hydrogen-bond acceptors (Lipinski definition) is 4. The highest BCUT2D eigenvalue weighted by Crippen LogP contribution is 2.25. The van der Waals surface area contributed by atoms with E-state index in [0.717, 1.165) is 50.0 Å². The van der Waals surface area contributed by atoms with E-state index < -0.39 is 0 Å². The number of aromatic nitrogens is 4. The molecule has 0 aromatic carbocycles. The van der Waals surface area contributed by atoms with E-state index in [0.29, 0.717) is 12.5 Å². The number of aromatic amines is 1. The average Bonchev–Trinajstić information content (AvgIpc) is 3.15. The minimum Gasteiger partial charge on any atom is -0.357 e. The summed E-state index contributed by atoms with van der Waals surface area (Å²) in [5.74, 6) is 2.43. The van der Waals surface area contributed by atoms with E-state index >= 15 is 0 Å². The zero-order valence-electron chi connectivity index (χ0n) is 14.4. The number of nitrogens with one attached hydrogen (secondary N) is 2. The first-order valence-corrected chi connectivity index (χ1v) is 8.57. The van der Waals surface area contributed by atoms with Crippen LogP contribution in [0.3, 0.4) is 0 Å². The van der Waals surface area contributed by atoms with E-state index in [-0.39, 0.29) is 0 Å². The van der Waals surface area contributed by atoms with Crippen LogP contribution in [0.4, 0.5) is 0 Å². The lowest BCUT2D eigenvalue weighted by molar-refractivity contribution is 0.298. The van der Waals surface area contributed by atoms with Crippen LogP contribution in [0.25, 0.3) is 0 Å². The van der Waals surface area contributed by atoms with Gasteiger partial charge in [-0.3, -0.25) is 10.1 Å². The van der Waals surface area contributed by atoms with Gasteiger partial charge in [0, 0.05) is 31.7 Å². The molecular formula is C17H25N7. The smallest absolute Gasteiger partial charge is 0.194 e. The maximum Gasteiger partial charge on any atom is 0.194 e. The van der Waals surface area contributed by atoms with E-state index in [1.807, 2.05) is 12.3 Å². The molecule has 0 aliphatic carbocycles. The number of nitrogens with zero attached hydrogens (tertiary/aromatic N) is 5. The van der Waals surface area contributed by atoms with Crippen LogP contribution in [0.1, 0.15) is 42.8 Å². The second kappa shape index (κ2) is 7.90. The van der Waals surface area contributed by atoms with Gasteiger partial charge in [0.1, 0.15) is 12.2 Å². The Bertz CT molecular complexity index is 657. The number of pyridine rings is 1. The summed E-state index contributed by atoms with van der Waals surface area (Å²) in [5.41, 5.74) is 2.21. The van der Waals surface area contributed by atoms with Gasteiger partial charge in [-0.15, -0.1) is 0 Å². The van der Waals surface area contributed by atoms with Crippen molar-refractivity contribution in [3.8, 4) is 0 Å². The summed E-state index contributed by atoms with van der Waals surface area (Å²) < 4.78 is 0. The molecule has 2 aromatic heterocycles. The Labute approximate surface area is 142 Å². The molecule has 24 heavy (non-hydrogen) atoms. The van der Waals surface area contributed by atoms with Gasteiger partial charge >= 0.3 is 0 Å². The molecule has 1 saturated heterocycles. The van der Waals surface area contributed by atoms with Crippen LogP contribution in [-0.2, 0) is 6.54 Å². The summed E-state index contributed by atoms with van der Waals surface area (Å²) in [4.78, 5) is 15.8. The van der Waals surface area contributed by atoms with Crippen molar-refractivity contribution in [1.29, 1.82) is 0 Å². The van der Waals surface area contributed by atoms with Crippen molar-refractivity contribution in [2.45, 2.75) is 39.2 Å². The van der Waals surface area contributed by atoms with Crippen molar-refractivity contribution in [3.05, 3.63) is 41.7 Å². The average molecular weight is 327 g/mol. The zero-order chi connectivity index (χ0) is 16.8. The maximum absolute atomic E-state index is 4.79. The van der Waals surface area contributed by atoms with Crippen molar-refractivity contribution in [2.75, 3.05) is 19.6 Å². The highest BCUT2D eigenvalue weighted by molar-refractivity contribution is 5.80. The van der Waals surface area contributed by atoms with Gasteiger partial charge in [-0.25, -0.2) is 9.98 Å². The fraction of sp³-hybridized carbons (Fsp3) is 0.529. The predicted octanol–water partition coefficient (Wildman–Crippen LogP) is 1.85. The Balaban J connectivity index is 1.63.